The molecule has 0 saturated carbocycles. The van der Waals surface area contributed by atoms with Crippen LogP contribution < -0.4 is 9.64 Å². The number of fused-ring (bicyclic) bond motifs is 1. The Morgan fingerprint density at radius 1 is 1.21 bits per heavy atom. The van der Waals surface area contributed by atoms with Gasteiger partial charge in [-0.1, -0.05) is 18.2 Å². The van der Waals surface area contributed by atoms with Crippen molar-refractivity contribution in [1.82, 2.24) is 9.88 Å². The quantitative estimate of drug-likeness (QED) is 0.840. The molecule has 1 fully saturated rings. The first-order valence-electron chi connectivity index (χ1n) is 8.45. The number of carbonyl (C=O) groups excluding carboxylic acids is 1. The summed E-state index contributed by atoms with van der Waals surface area (Å²) >= 11 is 1.66. The summed E-state index contributed by atoms with van der Waals surface area (Å²) in [5, 5.41) is 3.05. The van der Waals surface area contributed by atoms with Crippen molar-refractivity contribution >= 4 is 22.4 Å². The zero-order valence-electron chi connectivity index (χ0n) is 13.6. The summed E-state index contributed by atoms with van der Waals surface area (Å²) in [5.74, 6) is 1.23. The van der Waals surface area contributed by atoms with Crippen LogP contribution in [-0.2, 0) is 11.2 Å². The molecule has 0 unspecified atom stereocenters. The topological polar surface area (TPSA) is 45.7 Å². The van der Waals surface area contributed by atoms with Crippen molar-refractivity contribution in [3.8, 4) is 5.75 Å². The summed E-state index contributed by atoms with van der Waals surface area (Å²) in [5.41, 5.74) is 1.15. The summed E-state index contributed by atoms with van der Waals surface area (Å²) < 4.78 is 5.80. The molecular weight excluding hydrogens is 322 g/mol. The number of piperazine rings is 1. The van der Waals surface area contributed by atoms with Gasteiger partial charge in [0, 0.05) is 43.7 Å². The first kappa shape index (κ1) is 15.4. The number of para-hydroxylation sites is 1. The van der Waals surface area contributed by atoms with Gasteiger partial charge in [0.2, 0.25) is 5.91 Å². The number of anilines is 1. The lowest BCUT2D eigenvalue weighted by Crippen LogP contribution is -2.50. The summed E-state index contributed by atoms with van der Waals surface area (Å²) in [4.78, 5) is 21.6. The van der Waals surface area contributed by atoms with Crippen LogP contribution in [0, 0.1) is 5.92 Å². The summed E-state index contributed by atoms with van der Waals surface area (Å²) in [6, 6.07) is 8.07. The van der Waals surface area contributed by atoms with Gasteiger partial charge < -0.3 is 14.5 Å². The van der Waals surface area contributed by atoms with Crippen molar-refractivity contribution in [3.05, 3.63) is 41.4 Å². The van der Waals surface area contributed by atoms with Crippen LogP contribution in [0.15, 0.2) is 35.8 Å². The van der Waals surface area contributed by atoms with Gasteiger partial charge in [-0.3, -0.25) is 4.79 Å². The highest BCUT2D eigenvalue weighted by Gasteiger charge is 2.30. The third-order valence-electron chi connectivity index (χ3n) is 4.79. The van der Waals surface area contributed by atoms with E-state index >= 15 is 0 Å². The van der Waals surface area contributed by atoms with Gasteiger partial charge in [0.05, 0.1) is 6.61 Å². The van der Waals surface area contributed by atoms with E-state index in [2.05, 4.69) is 16.0 Å². The number of benzene rings is 1. The van der Waals surface area contributed by atoms with Crippen LogP contribution in [0.1, 0.15) is 12.0 Å². The molecule has 2 aliphatic rings. The Morgan fingerprint density at radius 3 is 2.83 bits per heavy atom. The Hall–Kier alpha value is -2.08. The van der Waals surface area contributed by atoms with E-state index in [-0.39, 0.29) is 11.8 Å². The summed E-state index contributed by atoms with van der Waals surface area (Å²) in [6.45, 7) is 3.89. The minimum absolute atomic E-state index is 0.0278. The van der Waals surface area contributed by atoms with Gasteiger partial charge in [-0.05, 0) is 24.5 Å². The number of rotatable bonds is 2. The highest BCUT2D eigenvalue weighted by molar-refractivity contribution is 7.13. The number of hydrogen-bond acceptors (Lipinski definition) is 5. The SMILES string of the molecule is O=C([C@@H]1CCOc2ccccc2C1)N1CCN(c2nccs2)CC1. The minimum Gasteiger partial charge on any atom is -0.493 e. The van der Waals surface area contributed by atoms with Gasteiger partial charge in [-0.2, -0.15) is 0 Å². The summed E-state index contributed by atoms with van der Waals surface area (Å²) in [7, 11) is 0. The van der Waals surface area contributed by atoms with Gasteiger partial charge in [-0.25, -0.2) is 4.98 Å². The lowest BCUT2D eigenvalue weighted by molar-refractivity contribution is -0.136. The molecule has 1 amide bonds. The second-order valence-corrected chi connectivity index (χ2v) is 7.15. The van der Waals surface area contributed by atoms with E-state index < -0.39 is 0 Å². The van der Waals surface area contributed by atoms with Crippen molar-refractivity contribution in [2.45, 2.75) is 12.8 Å². The average molecular weight is 343 g/mol. The fourth-order valence-corrected chi connectivity index (χ4v) is 4.15. The Balaban J connectivity index is 1.40. The number of carbonyl (C=O) groups is 1. The Morgan fingerprint density at radius 2 is 2.04 bits per heavy atom. The van der Waals surface area contributed by atoms with Crippen molar-refractivity contribution in [2.75, 3.05) is 37.7 Å². The molecule has 2 aliphatic heterocycles. The average Bonchev–Trinajstić information content (AvgIpc) is 3.08. The lowest BCUT2D eigenvalue weighted by atomic mass is 9.95. The van der Waals surface area contributed by atoms with E-state index in [0.29, 0.717) is 6.61 Å². The molecule has 2 aromatic rings. The van der Waals surface area contributed by atoms with Crippen LogP contribution in [0.4, 0.5) is 5.13 Å². The second-order valence-electron chi connectivity index (χ2n) is 6.27. The first-order chi connectivity index (χ1) is 11.8. The monoisotopic (exact) mass is 343 g/mol. The number of hydrogen-bond donors (Lipinski definition) is 0. The standard InChI is InChI=1S/C18H21N3O2S/c22-17(15-5-11-23-16-4-2-1-3-14(16)13-15)20-7-9-21(10-8-20)18-19-6-12-24-18/h1-4,6,12,15H,5,7-11,13H2/t15-/m1/s1. The van der Waals surface area contributed by atoms with Crippen molar-refractivity contribution in [3.63, 3.8) is 0 Å². The lowest BCUT2D eigenvalue weighted by Gasteiger charge is -2.36. The van der Waals surface area contributed by atoms with Gasteiger partial charge in [0.25, 0.3) is 0 Å². The van der Waals surface area contributed by atoms with Crippen molar-refractivity contribution in [1.29, 1.82) is 0 Å². The van der Waals surface area contributed by atoms with E-state index in [0.717, 1.165) is 55.5 Å². The molecule has 6 heteroatoms. The Bertz CT molecular complexity index is 696. The molecule has 0 N–H and O–H groups in total. The maximum atomic E-state index is 12.9. The van der Waals surface area contributed by atoms with E-state index in [9.17, 15) is 4.79 Å². The highest BCUT2D eigenvalue weighted by Crippen LogP contribution is 2.28. The molecule has 0 radical (unpaired) electrons. The molecule has 4 rings (SSSR count). The molecule has 0 bridgehead atoms. The number of amides is 1. The predicted molar refractivity (Wildman–Crippen MR) is 94.7 cm³/mol. The molecule has 24 heavy (non-hydrogen) atoms. The number of ether oxygens (including phenoxy) is 1. The van der Waals surface area contributed by atoms with E-state index in [1.807, 2.05) is 34.7 Å². The summed E-state index contributed by atoms with van der Waals surface area (Å²) in [6.07, 6.45) is 3.41. The van der Waals surface area contributed by atoms with E-state index in [1.165, 1.54) is 0 Å². The zero-order chi connectivity index (χ0) is 16.4. The smallest absolute Gasteiger partial charge is 0.226 e. The van der Waals surface area contributed by atoms with Gasteiger partial charge in [-0.15, -0.1) is 11.3 Å². The molecule has 1 aromatic carbocycles. The molecule has 5 nitrogen and oxygen atoms in total. The predicted octanol–water partition coefficient (Wildman–Crippen LogP) is 2.43. The molecule has 126 valence electrons. The molecule has 1 atom stereocenters. The normalized spacial score (nSPS) is 20.9. The van der Waals surface area contributed by atoms with Crippen molar-refractivity contribution in [2.24, 2.45) is 5.92 Å². The van der Waals surface area contributed by atoms with Gasteiger partial charge in [0.1, 0.15) is 5.75 Å². The molecule has 1 saturated heterocycles. The third kappa shape index (κ3) is 3.11. The van der Waals surface area contributed by atoms with Crippen LogP contribution in [0.3, 0.4) is 0 Å². The third-order valence-corrected chi connectivity index (χ3v) is 5.63. The Labute approximate surface area is 145 Å². The largest absolute Gasteiger partial charge is 0.493 e. The number of aromatic nitrogens is 1. The zero-order valence-corrected chi connectivity index (χ0v) is 14.4. The molecule has 0 aliphatic carbocycles. The maximum Gasteiger partial charge on any atom is 0.226 e. The first-order valence-corrected chi connectivity index (χ1v) is 9.33. The fraction of sp³-hybridized carbons (Fsp3) is 0.444. The minimum atomic E-state index is 0.0278. The number of thiazole rings is 1. The van der Waals surface area contributed by atoms with Gasteiger partial charge in [0.15, 0.2) is 5.13 Å². The van der Waals surface area contributed by atoms with E-state index in [4.69, 9.17) is 4.74 Å². The van der Waals surface area contributed by atoms with Crippen molar-refractivity contribution < 1.29 is 9.53 Å². The fourth-order valence-electron chi connectivity index (χ4n) is 3.45. The van der Waals surface area contributed by atoms with Crippen LogP contribution >= 0.6 is 11.3 Å². The second kappa shape index (κ2) is 6.81. The molecule has 3 heterocycles. The van der Waals surface area contributed by atoms with Crippen LogP contribution in [0.5, 0.6) is 5.75 Å². The van der Waals surface area contributed by atoms with Crippen LogP contribution in [-0.4, -0.2) is 48.6 Å². The molecule has 1 aromatic heterocycles. The maximum absolute atomic E-state index is 12.9. The highest BCUT2D eigenvalue weighted by atomic mass is 32.1. The number of nitrogens with zero attached hydrogens (tertiary/aromatic N) is 3. The molecule has 0 spiro atoms. The van der Waals surface area contributed by atoms with Gasteiger partial charge >= 0.3 is 0 Å². The van der Waals surface area contributed by atoms with Crippen LogP contribution in [0.25, 0.3) is 0 Å². The molecular formula is C18H21N3O2S. The Kier molecular flexibility index (Phi) is 4.38. The van der Waals surface area contributed by atoms with Crippen LogP contribution in [0.2, 0.25) is 0 Å². The van der Waals surface area contributed by atoms with E-state index in [1.54, 1.807) is 11.3 Å².